The number of hydrogen-bond acceptors (Lipinski definition) is 4. The lowest BCUT2D eigenvalue weighted by Crippen LogP contribution is -2.51. The number of ether oxygens (including phenoxy) is 2. The summed E-state index contributed by atoms with van der Waals surface area (Å²) < 4.78 is 10.9. The van der Waals surface area contributed by atoms with Crippen molar-refractivity contribution in [2.45, 2.75) is 50.4 Å². The van der Waals surface area contributed by atoms with Crippen LogP contribution in [0.1, 0.15) is 32.6 Å². The Kier molecular flexibility index (Phi) is 4.01. The smallest absolute Gasteiger partial charge is 0.332 e. The summed E-state index contributed by atoms with van der Waals surface area (Å²) >= 11 is 0. The maximum Gasteiger partial charge on any atom is 0.332 e. The van der Waals surface area contributed by atoms with Crippen molar-refractivity contribution in [3.63, 3.8) is 0 Å². The lowest BCUT2D eigenvalue weighted by atomic mass is 9.94. The van der Waals surface area contributed by atoms with Gasteiger partial charge in [0.05, 0.1) is 12.7 Å². The molecule has 0 bridgehead atoms. The normalized spacial score (nSPS) is 38.2. The Morgan fingerprint density at radius 2 is 2.35 bits per heavy atom. The van der Waals surface area contributed by atoms with Crippen molar-refractivity contribution in [2.24, 2.45) is 0 Å². The fourth-order valence-electron chi connectivity index (χ4n) is 2.47. The molecule has 2 aliphatic rings. The van der Waals surface area contributed by atoms with Gasteiger partial charge < -0.3 is 19.9 Å². The van der Waals surface area contributed by atoms with Gasteiger partial charge in [-0.25, -0.2) is 4.79 Å². The summed E-state index contributed by atoms with van der Waals surface area (Å²) in [5.74, 6) is -0.847. The topological polar surface area (TPSA) is 67.8 Å². The maximum absolute atomic E-state index is 10.8. The van der Waals surface area contributed by atoms with Gasteiger partial charge in [0.15, 0.2) is 6.10 Å². The molecule has 0 spiro atoms. The monoisotopic (exact) mass is 243 g/mol. The van der Waals surface area contributed by atoms with E-state index in [4.69, 9.17) is 14.6 Å². The fourth-order valence-corrected chi connectivity index (χ4v) is 2.47. The van der Waals surface area contributed by atoms with E-state index in [-0.39, 0.29) is 11.6 Å². The highest BCUT2D eigenvalue weighted by molar-refractivity contribution is 5.72. The molecule has 17 heavy (non-hydrogen) atoms. The number of carboxylic acid groups (broad SMARTS) is 1. The average Bonchev–Trinajstić information content (AvgIpc) is 2.76. The second-order valence-corrected chi connectivity index (χ2v) is 5.26. The Hall–Kier alpha value is -0.650. The Balaban J connectivity index is 1.73. The number of hydrogen-bond donors (Lipinski definition) is 2. The van der Waals surface area contributed by atoms with E-state index >= 15 is 0 Å². The van der Waals surface area contributed by atoms with Crippen LogP contribution in [0.3, 0.4) is 0 Å². The first kappa shape index (κ1) is 12.8. The van der Waals surface area contributed by atoms with E-state index in [1.165, 1.54) is 0 Å². The molecule has 0 aromatic heterocycles. The third-order valence-electron chi connectivity index (χ3n) is 3.58. The molecule has 2 fully saturated rings. The zero-order valence-corrected chi connectivity index (χ0v) is 10.3. The predicted octanol–water partition coefficient (Wildman–Crippen LogP) is 0.777. The molecule has 0 amide bonds. The number of carboxylic acids is 1. The van der Waals surface area contributed by atoms with Crippen molar-refractivity contribution < 1.29 is 19.4 Å². The van der Waals surface area contributed by atoms with Crippen LogP contribution >= 0.6 is 0 Å². The molecule has 3 atom stereocenters. The molecule has 5 heteroatoms. The highest BCUT2D eigenvalue weighted by Crippen LogP contribution is 2.22. The molecule has 98 valence electrons. The minimum atomic E-state index is -0.847. The van der Waals surface area contributed by atoms with Crippen LogP contribution in [-0.2, 0) is 14.3 Å². The van der Waals surface area contributed by atoms with Gasteiger partial charge in [-0.3, -0.25) is 0 Å². The van der Waals surface area contributed by atoms with Crippen LogP contribution in [0.2, 0.25) is 0 Å². The van der Waals surface area contributed by atoms with Crippen molar-refractivity contribution in [1.82, 2.24) is 5.32 Å². The summed E-state index contributed by atoms with van der Waals surface area (Å²) in [7, 11) is 0. The molecule has 2 rings (SSSR count). The van der Waals surface area contributed by atoms with Crippen LogP contribution in [0.4, 0.5) is 0 Å². The van der Waals surface area contributed by atoms with Crippen molar-refractivity contribution in [2.75, 3.05) is 19.8 Å². The molecule has 0 aromatic carbocycles. The summed E-state index contributed by atoms with van der Waals surface area (Å²) in [6.45, 7) is 4.43. The van der Waals surface area contributed by atoms with E-state index in [0.29, 0.717) is 13.0 Å². The van der Waals surface area contributed by atoms with Crippen molar-refractivity contribution >= 4 is 5.97 Å². The van der Waals surface area contributed by atoms with Crippen LogP contribution in [0.5, 0.6) is 0 Å². The molecule has 2 N–H and O–H groups in total. The highest BCUT2D eigenvalue weighted by Gasteiger charge is 2.33. The van der Waals surface area contributed by atoms with Gasteiger partial charge in [-0.15, -0.1) is 0 Å². The Labute approximate surface area is 101 Å². The Bertz CT molecular complexity index is 276. The van der Waals surface area contributed by atoms with Crippen LogP contribution in [0, 0.1) is 0 Å². The minimum Gasteiger partial charge on any atom is -0.479 e. The molecule has 0 radical (unpaired) electrons. The molecule has 0 aliphatic carbocycles. The summed E-state index contributed by atoms with van der Waals surface area (Å²) in [6, 6.07) is 0. The quantitative estimate of drug-likeness (QED) is 0.763. The van der Waals surface area contributed by atoms with Crippen LogP contribution in [0.25, 0.3) is 0 Å². The summed E-state index contributed by atoms with van der Waals surface area (Å²) in [5, 5.41) is 12.3. The lowest BCUT2D eigenvalue weighted by Gasteiger charge is -2.35. The molecular weight excluding hydrogens is 222 g/mol. The lowest BCUT2D eigenvalue weighted by molar-refractivity contribution is -0.149. The van der Waals surface area contributed by atoms with Gasteiger partial charge in [0.25, 0.3) is 0 Å². The molecule has 5 nitrogen and oxygen atoms in total. The van der Waals surface area contributed by atoms with Crippen LogP contribution < -0.4 is 5.32 Å². The van der Waals surface area contributed by atoms with E-state index in [1.54, 1.807) is 0 Å². The van der Waals surface area contributed by atoms with Crippen molar-refractivity contribution in [3.05, 3.63) is 0 Å². The Morgan fingerprint density at radius 3 is 2.94 bits per heavy atom. The van der Waals surface area contributed by atoms with E-state index in [0.717, 1.165) is 32.5 Å². The molecule has 3 unspecified atom stereocenters. The van der Waals surface area contributed by atoms with Crippen LogP contribution in [0.15, 0.2) is 0 Å². The zero-order chi connectivity index (χ0) is 12.3. The van der Waals surface area contributed by atoms with Gasteiger partial charge in [0.2, 0.25) is 0 Å². The van der Waals surface area contributed by atoms with E-state index in [1.807, 2.05) is 0 Å². The third-order valence-corrected chi connectivity index (χ3v) is 3.58. The van der Waals surface area contributed by atoms with E-state index in [9.17, 15) is 4.79 Å². The first-order chi connectivity index (χ1) is 8.09. The van der Waals surface area contributed by atoms with Gasteiger partial charge >= 0.3 is 5.97 Å². The summed E-state index contributed by atoms with van der Waals surface area (Å²) in [6.07, 6.45) is 3.03. The van der Waals surface area contributed by atoms with Gasteiger partial charge in [-0.05, 0) is 32.6 Å². The van der Waals surface area contributed by atoms with Crippen molar-refractivity contribution in [1.29, 1.82) is 0 Å². The molecule has 2 aliphatic heterocycles. The first-order valence-corrected chi connectivity index (χ1v) is 6.30. The number of rotatable bonds is 4. The first-order valence-electron chi connectivity index (χ1n) is 6.30. The SMILES string of the molecule is CC1(NCC2CCC(C(=O)O)O2)CCCOC1. The molecule has 2 heterocycles. The molecule has 2 saturated heterocycles. The van der Waals surface area contributed by atoms with Gasteiger partial charge in [0.1, 0.15) is 0 Å². The van der Waals surface area contributed by atoms with Gasteiger partial charge in [-0.2, -0.15) is 0 Å². The average molecular weight is 243 g/mol. The number of aliphatic carboxylic acids is 1. The summed E-state index contributed by atoms with van der Waals surface area (Å²) in [5.41, 5.74) is 0.0168. The maximum atomic E-state index is 10.8. The molecule has 0 aromatic rings. The highest BCUT2D eigenvalue weighted by atomic mass is 16.5. The minimum absolute atomic E-state index is 0.0168. The van der Waals surface area contributed by atoms with Crippen LogP contribution in [-0.4, -0.2) is 48.6 Å². The number of carbonyl (C=O) groups is 1. The number of nitrogens with one attached hydrogen (secondary N) is 1. The largest absolute Gasteiger partial charge is 0.479 e. The van der Waals surface area contributed by atoms with Crippen molar-refractivity contribution in [3.8, 4) is 0 Å². The van der Waals surface area contributed by atoms with E-state index < -0.39 is 12.1 Å². The summed E-state index contributed by atoms with van der Waals surface area (Å²) in [4.78, 5) is 10.8. The standard InChI is InChI=1S/C12H21NO4/c1-12(5-2-6-16-8-12)13-7-9-3-4-10(17-9)11(14)15/h9-10,13H,2-8H2,1H3,(H,14,15). The fraction of sp³-hybridized carbons (Fsp3) is 0.917. The van der Waals surface area contributed by atoms with Gasteiger partial charge in [-0.1, -0.05) is 0 Å². The molecule has 0 saturated carbocycles. The third kappa shape index (κ3) is 3.40. The Morgan fingerprint density at radius 1 is 1.53 bits per heavy atom. The second kappa shape index (κ2) is 5.33. The van der Waals surface area contributed by atoms with E-state index in [2.05, 4.69) is 12.2 Å². The zero-order valence-electron chi connectivity index (χ0n) is 10.3. The predicted molar refractivity (Wildman–Crippen MR) is 62.0 cm³/mol. The molecular formula is C12H21NO4. The second-order valence-electron chi connectivity index (χ2n) is 5.26. The van der Waals surface area contributed by atoms with Gasteiger partial charge in [0, 0.05) is 18.7 Å².